The molecule has 0 saturated carbocycles. The van der Waals surface area contributed by atoms with Crippen LogP contribution in [0.3, 0.4) is 0 Å². The topological polar surface area (TPSA) is 62.7 Å². The van der Waals surface area contributed by atoms with Crippen molar-refractivity contribution < 1.29 is 14.6 Å². The lowest BCUT2D eigenvalue weighted by atomic mass is 10.1. The van der Waals surface area contributed by atoms with Crippen LogP contribution < -0.4 is 4.90 Å². The van der Waals surface area contributed by atoms with Crippen molar-refractivity contribution in [3.05, 3.63) is 35.2 Å². The summed E-state index contributed by atoms with van der Waals surface area (Å²) < 4.78 is 5.35. The molecule has 1 aliphatic heterocycles. The van der Waals surface area contributed by atoms with Gasteiger partial charge in [-0.1, -0.05) is 41.7 Å². The maximum absolute atomic E-state index is 11.5. The van der Waals surface area contributed by atoms with Gasteiger partial charge in [0, 0.05) is 25.8 Å². The number of ether oxygens (including phenoxy) is 1. The summed E-state index contributed by atoms with van der Waals surface area (Å²) in [5, 5.41) is 10.2. The quantitative estimate of drug-likeness (QED) is 0.941. The van der Waals surface area contributed by atoms with Crippen molar-refractivity contribution in [1.82, 2.24) is 4.98 Å². The molecule has 1 aromatic heterocycles. The van der Waals surface area contributed by atoms with Gasteiger partial charge in [0.05, 0.1) is 11.8 Å². The normalized spacial score (nSPS) is 18.1. The number of nitrogens with zero attached hydrogens (tertiary/aromatic N) is 2. The predicted octanol–water partition coefficient (Wildman–Crippen LogP) is 2.73. The number of anilines is 1. The summed E-state index contributed by atoms with van der Waals surface area (Å²) in [5.74, 6) is -0.930. The maximum Gasteiger partial charge on any atom is 0.348 e. The minimum Gasteiger partial charge on any atom is -0.477 e. The van der Waals surface area contributed by atoms with Gasteiger partial charge in [-0.05, 0) is 6.42 Å². The number of methoxy groups -OCH3 is 1. The highest BCUT2D eigenvalue weighted by Gasteiger charge is 2.27. The number of hydrogen-bond acceptors (Lipinski definition) is 5. The van der Waals surface area contributed by atoms with E-state index in [0.717, 1.165) is 30.2 Å². The van der Waals surface area contributed by atoms with Crippen molar-refractivity contribution in [3.8, 4) is 11.3 Å². The molecule has 0 spiro atoms. The van der Waals surface area contributed by atoms with Gasteiger partial charge in [0.25, 0.3) is 0 Å². The van der Waals surface area contributed by atoms with Crippen molar-refractivity contribution in [1.29, 1.82) is 0 Å². The zero-order chi connectivity index (χ0) is 14.8. The van der Waals surface area contributed by atoms with Crippen LogP contribution in [0.1, 0.15) is 16.1 Å². The van der Waals surface area contributed by atoms with Crippen molar-refractivity contribution >= 4 is 22.4 Å². The van der Waals surface area contributed by atoms with Crippen LogP contribution in [0.4, 0.5) is 5.13 Å². The van der Waals surface area contributed by atoms with Crippen LogP contribution in [0.2, 0.25) is 0 Å². The number of carbonyl (C=O) groups is 1. The summed E-state index contributed by atoms with van der Waals surface area (Å²) in [6.07, 6.45) is 1.14. The molecule has 2 heterocycles. The molecule has 1 atom stereocenters. The molecule has 1 fully saturated rings. The average molecular weight is 304 g/mol. The molecular formula is C15H16N2O3S. The number of rotatable bonds is 4. The first-order valence-corrected chi connectivity index (χ1v) is 7.58. The van der Waals surface area contributed by atoms with E-state index in [-0.39, 0.29) is 11.0 Å². The molecule has 1 aliphatic rings. The van der Waals surface area contributed by atoms with Gasteiger partial charge in [-0.25, -0.2) is 9.78 Å². The summed E-state index contributed by atoms with van der Waals surface area (Å²) in [4.78, 5) is 18.4. The van der Waals surface area contributed by atoms with E-state index in [4.69, 9.17) is 4.74 Å². The maximum atomic E-state index is 11.5. The Balaban J connectivity index is 1.96. The number of benzene rings is 1. The van der Waals surface area contributed by atoms with Crippen LogP contribution in [0.15, 0.2) is 30.3 Å². The second-order valence-corrected chi connectivity index (χ2v) is 5.92. The van der Waals surface area contributed by atoms with E-state index in [1.54, 1.807) is 7.11 Å². The van der Waals surface area contributed by atoms with E-state index >= 15 is 0 Å². The second-order valence-electron chi connectivity index (χ2n) is 4.94. The zero-order valence-electron chi connectivity index (χ0n) is 11.7. The zero-order valence-corrected chi connectivity index (χ0v) is 12.5. The van der Waals surface area contributed by atoms with E-state index in [0.29, 0.717) is 5.69 Å². The lowest BCUT2D eigenvalue weighted by molar-refractivity contribution is 0.0702. The molecule has 1 N–H and O–H groups in total. The third kappa shape index (κ3) is 2.77. The third-order valence-electron chi connectivity index (χ3n) is 3.61. The van der Waals surface area contributed by atoms with Gasteiger partial charge in [-0.2, -0.15) is 0 Å². The first-order valence-electron chi connectivity index (χ1n) is 6.76. The van der Waals surface area contributed by atoms with Gasteiger partial charge in [0.2, 0.25) is 0 Å². The Morgan fingerprint density at radius 2 is 2.19 bits per heavy atom. The average Bonchev–Trinajstić information content (AvgIpc) is 3.14. The Morgan fingerprint density at radius 1 is 1.43 bits per heavy atom. The minimum atomic E-state index is -0.930. The molecule has 1 aromatic carbocycles. The van der Waals surface area contributed by atoms with Gasteiger partial charge in [0.15, 0.2) is 5.13 Å². The summed E-state index contributed by atoms with van der Waals surface area (Å²) in [5.41, 5.74) is 1.38. The molecular weight excluding hydrogens is 288 g/mol. The van der Waals surface area contributed by atoms with E-state index in [9.17, 15) is 9.90 Å². The Labute approximate surface area is 126 Å². The Kier molecular flexibility index (Phi) is 3.90. The first-order chi connectivity index (χ1) is 10.2. The van der Waals surface area contributed by atoms with Crippen LogP contribution in [0.5, 0.6) is 0 Å². The molecule has 1 saturated heterocycles. The van der Waals surface area contributed by atoms with Gasteiger partial charge in [0.1, 0.15) is 4.88 Å². The summed E-state index contributed by atoms with van der Waals surface area (Å²) in [6, 6.07) is 9.44. The molecule has 0 aliphatic carbocycles. The molecule has 6 heteroatoms. The number of carboxylic acids is 1. The van der Waals surface area contributed by atoms with E-state index in [1.807, 2.05) is 30.3 Å². The summed E-state index contributed by atoms with van der Waals surface area (Å²) >= 11 is 1.23. The Hall–Kier alpha value is -1.92. The number of carboxylic acid groups (broad SMARTS) is 1. The molecule has 3 rings (SSSR count). The molecule has 5 nitrogen and oxygen atoms in total. The molecule has 1 unspecified atom stereocenters. The number of aromatic carboxylic acids is 1. The van der Waals surface area contributed by atoms with E-state index < -0.39 is 5.97 Å². The van der Waals surface area contributed by atoms with Gasteiger partial charge >= 0.3 is 5.97 Å². The molecule has 0 amide bonds. The summed E-state index contributed by atoms with van der Waals surface area (Å²) in [6.45, 7) is 1.61. The van der Waals surface area contributed by atoms with E-state index in [2.05, 4.69) is 9.88 Å². The van der Waals surface area contributed by atoms with Gasteiger partial charge in [-0.3, -0.25) is 0 Å². The first kappa shape index (κ1) is 14.0. The fraction of sp³-hybridized carbons (Fsp3) is 0.333. The van der Waals surface area contributed by atoms with Crippen molar-refractivity contribution in [2.24, 2.45) is 0 Å². The standard InChI is InChI=1S/C15H16N2O3S/c1-20-11-7-8-17(9-11)15-16-12(13(21-15)14(18)19)10-5-3-2-4-6-10/h2-6,11H,7-9H2,1H3,(H,18,19). The monoisotopic (exact) mass is 304 g/mol. The van der Waals surface area contributed by atoms with Crippen LogP contribution in [-0.4, -0.2) is 42.4 Å². The second kappa shape index (κ2) is 5.83. The highest BCUT2D eigenvalue weighted by atomic mass is 32.1. The fourth-order valence-corrected chi connectivity index (χ4v) is 3.44. The lowest BCUT2D eigenvalue weighted by Crippen LogP contribution is -2.21. The highest BCUT2D eigenvalue weighted by Crippen LogP contribution is 2.34. The van der Waals surface area contributed by atoms with Crippen LogP contribution in [0.25, 0.3) is 11.3 Å². The Morgan fingerprint density at radius 3 is 2.81 bits per heavy atom. The minimum absolute atomic E-state index is 0.197. The molecule has 0 bridgehead atoms. The van der Waals surface area contributed by atoms with Crippen molar-refractivity contribution in [2.45, 2.75) is 12.5 Å². The van der Waals surface area contributed by atoms with Gasteiger partial charge in [-0.15, -0.1) is 0 Å². The van der Waals surface area contributed by atoms with Crippen molar-refractivity contribution in [2.75, 3.05) is 25.1 Å². The molecule has 2 aromatic rings. The van der Waals surface area contributed by atoms with Crippen molar-refractivity contribution in [3.63, 3.8) is 0 Å². The van der Waals surface area contributed by atoms with E-state index in [1.165, 1.54) is 11.3 Å². The third-order valence-corrected chi connectivity index (χ3v) is 4.71. The Bertz CT molecular complexity index is 642. The van der Waals surface area contributed by atoms with Crippen LogP contribution >= 0.6 is 11.3 Å². The van der Waals surface area contributed by atoms with Crippen LogP contribution in [-0.2, 0) is 4.74 Å². The predicted molar refractivity (Wildman–Crippen MR) is 82.1 cm³/mol. The fourth-order valence-electron chi connectivity index (χ4n) is 2.48. The SMILES string of the molecule is COC1CCN(c2nc(-c3ccccc3)c(C(=O)O)s2)C1. The number of aromatic nitrogens is 1. The van der Waals surface area contributed by atoms with Gasteiger partial charge < -0.3 is 14.7 Å². The number of hydrogen-bond donors (Lipinski definition) is 1. The highest BCUT2D eigenvalue weighted by molar-refractivity contribution is 7.17. The summed E-state index contributed by atoms with van der Waals surface area (Å²) in [7, 11) is 1.70. The number of thiazole rings is 1. The lowest BCUT2D eigenvalue weighted by Gasteiger charge is -2.13. The molecule has 0 radical (unpaired) electrons. The smallest absolute Gasteiger partial charge is 0.348 e. The molecule has 110 valence electrons. The molecule has 21 heavy (non-hydrogen) atoms. The van der Waals surface area contributed by atoms with Crippen LogP contribution in [0, 0.1) is 0 Å². The largest absolute Gasteiger partial charge is 0.477 e.